The van der Waals surface area contributed by atoms with Crippen molar-refractivity contribution in [3.05, 3.63) is 35.4 Å². The van der Waals surface area contributed by atoms with Gasteiger partial charge < -0.3 is 10.1 Å². The molecule has 0 aromatic heterocycles. The van der Waals surface area contributed by atoms with E-state index in [0.717, 1.165) is 12.6 Å². The van der Waals surface area contributed by atoms with Crippen LogP contribution >= 0.6 is 0 Å². The van der Waals surface area contributed by atoms with E-state index in [1.165, 1.54) is 18.2 Å². The number of halogens is 3. The van der Waals surface area contributed by atoms with E-state index < -0.39 is 17.6 Å². The third-order valence-electron chi connectivity index (χ3n) is 3.96. The van der Waals surface area contributed by atoms with E-state index in [-0.39, 0.29) is 17.6 Å². The van der Waals surface area contributed by atoms with Crippen LogP contribution in [-0.4, -0.2) is 49.2 Å². The summed E-state index contributed by atoms with van der Waals surface area (Å²) < 4.78 is 44.2. The summed E-state index contributed by atoms with van der Waals surface area (Å²) in [6.07, 6.45) is -4.54. The number of ether oxygens (including phenoxy) is 1. The summed E-state index contributed by atoms with van der Waals surface area (Å²) in [4.78, 5) is 14.2. The van der Waals surface area contributed by atoms with Crippen LogP contribution in [0.3, 0.4) is 0 Å². The maximum atomic E-state index is 12.9. The van der Waals surface area contributed by atoms with E-state index in [1.54, 1.807) is 0 Å². The van der Waals surface area contributed by atoms with Crippen molar-refractivity contribution in [3.63, 3.8) is 0 Å². The van der Waals surface area contributed by atoms with Crippen molar-refractivity contribution < 1.29 is 22.7 Å². The van der Waals surface area contributed by atoms with Gasteiger partial charge in [0.05, 0.1) is 24.3 Å². The molecule has 128 valence electrons. The van der Waals surface area contributed by atoms with Crippen LogP contribution in [0, 0.1) is 0 Å². The summed E-state index contributed by atoms with van der Waals surface area (Å²) in [5.74, 6) is -0.705. The molecule has 4 nitrogen and oxygen atoms in total. The maximum absolute atomic E-state index is 12.9. The molecule has 0 aliphatic carbocycles. The van der Waals surface area contributed by atoms with Gasteiger partial charge in [-0.05, 0) is 26.0 Å². The first-order chi connectivity index (χ1) is 10.7. The van der Waals surface area contributed by atoms with Gasteiger partial charge in [-0.25, -0.2) is 0 Å². The molecule has 2 rings (SSSR count). The molecule has 1 fully saturated rings. The summed E-state index contributed by atoms with van der Waals surface area (Å²) in [5.41, 5.74) is -1.40. The van der Waals surface area contributed by atoms with Crippen molar-refractivity contribution >= 4 is 5.91 Å². The van der Waals surface area contributed by atoms with Crippen molar-refractivity contribution in [2.24, 2.45) is 0 Å². The van der Waals surface area contributed by atoms with Crippen molar-refractivity contribution in [2.45, 2.75) is 25.6 Å². The third kappa shape index (κ3) is 4.45. The Kier molecular flexibility index (Phi) is 5.31. The van der Waals surface area contributed by atoms with Crippen LogP contribution < -0.4 is 5.32 Å². The van der Waals surface area contributed by atoms with Crippen LogP contribution in [0.4, 0.5) is 13.2 Å². The van der Waals surface area contributed by atoms with E-state index in [0.29, 0.717) is 19.8 Å². The van der Waals surface area contributed by atoms with Crippen molar-refractivity contribution in [2.75, 3.05) is 32.8 Å². The number of amides is 1. The number of carbonyl (C=O) groups is 1. The molecule has 23 heavy (non-hydrogen) atoms. The largest absolute Gasteiger partial charge is 0.417 e. The minimum atomic E-state index is -4.54. The average Bonchev–Trinajstić information content (AvgIpc) is 2.48. The highest BCUT2D eigenvalue weighted by Crippen LogP contribution is 2.31. The molecule has 0 unspecified atom stereocenters. The van der Waals surface area contributed by atoms with Gasteiger partial charge in [0.25, 0.3) is 5.91 Å². The lowest BCUT2D eigenvalue weighted by Gasteiger charge is -2.42. The van der Waals surface area contributed by atoms with E-state index >= 15 is 0 Å². The molecule has 1 aromatic rings. The first kappa shape index (κ1) is 17.7. The van der Waals surface area contributed by atoms with Gasteiger partial charge in [-0.3, -0.25) is 9.69 Å². The number of nitrogens with one attached hydrogen (secondary N) is 1. The van der Waals surface area contributed by atoms with Gasteiger partial charge in [0.15, 0.2) is 0 Å². The Morgan fingerprint density at radius 3 is 2.70 bits per heavy atom. The first-order valence-corrected chi connectivity index (χ1v) is 7.49. The van der Waals surface area contributed by atoms with Crippen LogP contribution in [0.15, 0.2) is 24.3 Å². The van der Waals surface area contributed by atoms with E-state index in [9.17, 15) is 18.0 Å². The molecule has 7 heteroatoms. The molecule has 1 N–H and O–H groups in total. The van der Waals surface area contributed by atoms with E-state index in [1.807, 2.05) is 13.8 Å². The lowest BCUT2D eigenvalue weighted by Crippen LogP contribution is -2.54. The Morgan fingerprint density at radius 1 is 1.35 bits per heavy atom. The van der Waals surface area contributed by atoms with Gasteiger partial charge in [-0.15, -0.1) is 0 Å². The fraction of sp³-hybridized carbons (Fsp3) is 0.562. The van der Waals surface area contributed by atoms with Crippen LogP contribution in [-0.2, 0) is 10.9 Å². The fourth-order valence-electron chi connectivity index (χ4n) is 2.63. The Hall–Kier alpha value is -1.60. The highest BCUT2D eigenvalue weighted by Gasteiger charge is 2.35. The van der Waals surface area contributed by atoms with Crippen molar-refractivity contribution in [3.8, 4) is 0 Å². The van der Waals surface area contributed by atoms with Crippen molar-refractivity contribution in [1.29, 1.82) is 0 Å². The molecule has 0 bridgehead atoms. The van der Waals surface area contributed by atoms with Gasteiger partial charge in [-0.2, -0.15) is 13.2 Å². The number of morpholine rings is 1. The van der Waals surface area contributed by atoms with Gasteiger partial charge in [-0.1, -0.05) is 12.1 Å². The Balaban J connectivity index is 1.96. The smallest absolute Gasteiger partial charge is 0.378 e. The summed E-state index contributed by atoms with van der Waals surface area (Å²) >= 11 is 0. The summed E-state index contributed by atoms with van der Waals surface area (Å²) in [5, 5.41) is 2.58. The molecule has 1 aliphatic rings. The highest BCUT2D eigenvalue weighted by molar-refractivity contribution is 5.95. The molecule has 0 radical (unpaired) electrons. The molecule has 1 aliphatic heterocycles. The third-order valence-corrected chi connectivity index (χ3v) is 3.96. The zero-order valence-corrected chi connectivity index (χ0v) is 13.2. The van der Waals surface area contributed by atoms with Crippen LogP contribution in [0.2, 0.25) is 0 Å². The quantitative estimate of drug-likeness (QED) is 0.922. The van der Waals surface area contributed by atoms with Crippen LogP contribution in [0.5, 0.6) is 0 Å². The number of benzene rings is 1. The number of hydrogen-bond acceptors (Lipinski definition) is 3. The number of nitrogens with zero attached hydrogens (tertiary/aromatic N) is 1. The highest BCUT2D eigenvalue weighted by atomic mass is 19.4. The monoisotopic (exact) mass is 330 g/mol. The fourth-order valence-corrected chi connectivity index (χ4v) is 2.63. The predicted octanol–water partition coefficient (Wildman–Crippen LogP) is 2.55. The van der Waals surface area contributed by atoms with Gasteiger partial charge in [0, 0.05) is 25.2 Å². The number of rotatable bonds is 4. The molecule has 0 atom stereocenters. The number of hydrogen-bond donors (Lipinski definition) is 1. The Morgan fingerprint density at radius 2 is 2.04 bits per heavy atom. The predicted molar refractivity (Wildman–Crippen MR) is 80.2 cm³/mol. The van der Waals surface area contributed by atoms with Crippen LogP contribution in [0.1, 0.15) is 29.8 Å². The van der Waals surface area contributed by atoms with E-state index in [4.69, 9.17) is 4.74 Å². The topological polar surface area (TPSA) is 41.6 Å². The molecule has 1 saturated heterocycles. The molecule has 1 heterocycles. The van der Waals surface area contributed by atoms with Gasteiger partial charge >= 0.3 is 6.18 Å². The summed E-state index contributed by atoms with van der Waals surface area (Å²) in [7, 11) is 0. The zero-order valence-electron chi connectivity index (χ0n) is 13.2. The second-order valence-electron chi connectivity index (χ2n) is 6.15. The van der Waals surface area contributed by atoms with Crippen LogP contribution in [0.25, 0.3) is 0 Å². The lowest BCUT2D eigenvalue weighted by molar-refractivity contribution is -0.137. The minimum absolute atomic E-state index is 0.146. The molecule has 0 spiro atoms. The van der Waals surface area contributed by atoms with E-state index in [2.05, 4.69) is 10.2 Å². The van der Waals surface area contributed by atoms with Gasteiger partial charge in [0.2, 0.25) is 0 Å². The SMILES string of the molecule is CC1(C)COCCN1CCNC(=O)c1ccccc1C(F)(F)F. The Bertz CT molecular complexity index is 559. The Labute approximate surface area is 133 Å². The zero-order chi connectivity index (χ0) is 17.1. The standard InChI is InChI=1S/C16H21F3N2O2/c1-15(2)11-23-10-9-21(15)8-7-20-14(22)12-5-3-4-6-13(12)16(17,18)19/h3-6H,7-11H2,1-2H3,(H,20,22). The van der Waals surface area contributed by atoms with Gasteiger partial charge in [0.1, 0.15) is 0 Å². The lowest BCUT2D eigenvalue weighted by atomic mass is 10.0. The minimum Gasteiger partial charge on any atom is -0.378 e. The molecule has 1 amide bonds. The molecule has 1 aromatic carbocycles. The molecular weight excluding hydrogens is 309 g/mol. The molecule has 0 saturated carbocycles. The maximum Gasteiger partial charge on any atom is 0.417 e. The summed E-state index contributed by atoms with van der Waals surface area (Å²) in [6.45, 7) is 6.87. The second kappa shape index (κ2) is 6.88. The normalized spacial score (nSPS) is 18.7. The average molecular weight is 330 g/mol. The van der Waals surface area contributed by atoms with Crippen molar-refractivity contribution in [1.82, 2.24) is 10.2 Å². The number of carbonyl (C=O) groups excluding carboxylic acids is 1. The first-order valence-electron chi connectivity index (χ1n) is 7.49. The second-order valence-corrected chi connectivity index (χ2v) is 6.15. The summed E-state index contributed by atoms with van der Waals surface area (Å²) in [6, 6.07) is 4.81. The molecular formula is C16H21F3N2O2. The number of alkyl halides is 3.